The summed E-state index contributed by atoms with van der Waals surface area (Å²) < 4.78 is 40.8. The number of carbonyl (C=O) groups excluding carboxylic acids is 2. The molecule has 2 aliphatic heterocycles. The molecule has 2 saturated heterocycles. The third-order valence-electron chi connectivity index (χ3n) is 5.78. The summed E-state index contributed by atoms with van der Waals surface area (Å²) in [4.78, 5) is 32.2. The highest BCUT2D eigenvalue weighted by Crippen LogP contribution is 2.25. The van der Waals surface area contributed by atoms with E-state index in [2.05, 4.69) is 9.64 Å². The van der Waals surface area contributed by atoms with Crippen molar-refractivity contribution in [1.82, 2.24) is 14.7 Å². The number of hydrogen-bond donors (Lipinski definition) is 0. The Hall–Kier alpha value is -2.59. The number of piperazine rings is 1. The van der Waals surface area contributed by atoms with Gasteiger partial charge in [-0.15, -0.1) is 24.5 Å². The Morgan fingerprint density at radius 3 is 2.38 bits per heavy atom. The Kier molecular flexibility index (Phi) is 6.71. The average Bonchev–Trinajstić information content (AvgIpc) is 3.46. The molecule has 2 amide bonds. The molecule has 2 aromatic rings. The van der Waals surface area contributed by atoms with Crippen LogP contribution < -0.4 is 4.74 Å². The summed E-state index contributed by atoms with van der Waals surface area (Å²) in [6, 6.07) is 9.06. The lowest BCUT2D eigenvalue weighted by Gasteiger charge is -2.37. The molecule has 172 valence electrons. The molecule has 0 radical (unpaired) electrons. The number of amides is 2. The van der Waals surface area contributed by atoms with Gasteiger partial charge in [0.05, 0.1) is 4.88 Å². The van der Waals surface area contributed by atoms with Crippen molar-refractivity contribution in [2.24, 2.45) is 0 Å². The van der Waals surface area contributed by atoms with Gasteiger partial charge < -0.3 is 14.5 Å². The van der Waals surface area contributed by atoms with Crippen molar-refractivity contribution in [3.05, 3.63) is 52.2 Å². The molecule has 1 atom stereocenters. The molecule has 6 nitrogen and oxygen atoms in total. The molecular weight excluding hydrogens is 443 g/mol. The first-order chi connectivity index (χ1) is 15.3. The molecule has 0 spiro atoms. The maximum absolute atomic E-state index is 13.1. The minimum absolute atomic E-state index is 0.000656. The molecule has 0 unspecified atom stereocenters. The van der Waals surface area contributed by atoms with Gasteiger partial charge in [-0.1, -0.05) is 18.2 Å². The highest BCUT2D eigenvalue weighted by atomic mass is 32.1. The summed E-state index contributed by atoms with van der Waals surface area (Å²) in [6.07, 6.45) is -3.20. The molecule has 10 heteroatoms. The zero-order valence-electron chi connectivity index (χ0n) is 17.4. The van der Waals surface area contributed by atoms with E-state index < -0.39 is 12.4 Å². The maximum atomic E-state index is 13.1. The standard InChI is InChI=1S/C22H24F3N3O3S/c23-22(24,25)31-17-7-5-16(6-8-17)15-26-10-12-27(13-11-26)20(29)18-3-1-9-28(18)21(30)19-4-2-14-32-19/h2,4-8,14,18H,1,3,9-13,15H2/t18-/m0/s1. The van der Waals surface area contributed by atoms with Crippen molar-refractivity contribution in [1.29, 1.82) is 0 Å². The molecule has 4 rings (SSSR count). The second-order valence-electron chi connectivity index (χ2n) is 7.93. The van der Waals surface area contributed by atoms with Crippen LogP contribution in [0, 0.1) is 0 Å². The van der Waals surface area contributed by atoms with Crippen LogP contribution in [0.15, 0.2) is 41.8 Å². The molecule has 2 aliphatic rings. The van der Waals surface area contributed by atoms with Gasteiger partial charge in [-0.3, -0.25) is 14.5 Å². The van der Waals surface area contributed by atoms with Crippen LogP contribution in [-0.4, -0.2) is 71.6 Å². The number of rotatable bonds is 5. The van der Waals surface area contributed by atoms with Gasteiger partial charge in [0.15, 0.2) is 0 Å². The van der Waals surface area contributed by atoms with Crippen LogP contribution in [0.3, 0.4) is 0 Å². The van der Waals surface area contributed by atoms with Gasteiger partial charge in [0.25, 0.3) is 5.91 Å². The SMILES string of the molecule is O=C([C@@H]1CCCN1C(=O)c1cccs1)N1CCN(Cc2ccc(OC(F)(F)F)cc2)CC1. The van der Waals surface area contributed by atoms with Crippen LogP contribution in [0.1, 0.15) is 28.1 Å². The first-order valence-electron chi connectivity index (χ1n) is 10.5. The van der Waals surface area contributed by atoms with Crippen LogP contribution in [0.5, 0.6) is 5.75 Å². The second kappa shape index (κ2) is 9.50. The normalized spacial score (nSPS) is 19.9. The molecule has 0 N–H and O–H groups in total. The number of halogens is 3. The molecule has 0 bridgehead atoms. The van der Waals surface area contributed by atoms with Crippen molar-refractivity contribution < 1.29 is 27.5 Å². The van der Waals surface area contributed by atoms with Gasteiger partial charge in [-0.25, -0.2) is 0 Å². The highest BCUT2D eigenvalue weighted by molar-refractivity contribution is 7.12. The summed E-state index contributed by atoms with van der Waals surface area (Å²) >= 11 is 1.39. The predicted octanol–water partition coefficient (Wildman–Crippen LogP) is 3.60. The minimum atomic E-state index is -4.70. The summed E-state index contributed by atoms with van der Waals surface area (Å²) in [6.45, 7) is 3.63. The van der Waals surface area contributed by atoms with Gasteiger partial charge in [-0.2, -0.15) is 0 Å². The Bertz CT molecular complexity index is 926. The zero-order chi connectivity index (χ0) is 22.7. The Morgan fingerprint density at radius 1 is 1.03 bits per heavy atom. The number of ether oxygens (including phenoxy) is 1. The minimum Gasteiger partial charge on any atom is -0.406 e. The van der Waals surface area contributed by atoms with Gasteiger partial charge in [0.1, 0.15) is 11.8 Å². The van der Waals surface area contributed by atoms with E-state index in [4.69, 9.17) is 0 Å². The Balaban J connectivity index is 1.29. The number of alkyl halides is 3. The zero-order valence-corrected chi connectivity index (χ0v) is 18.2. The van der Waals surface area contributed by atoms with Crippen LogP contribution in [0.25, 0.3) is 0 Å². The van der Waals surface area contributed by atoms with Crippen molar-refractivity contribution in [2.45, 2.75) is 31.8 Å². The summed E-state index contributed by atoms with van der Waals surface area (Å²) in [5, 5.41) is 1.86. The lowest BCUT2D eigenvalue weighted by atomic mass is 10.1. The van der Waals surface area contributed by atoms with Gasteiger partial charge in [0.2, 0.25) is 5.91 Å². The lowest BCUT2D eigenvalue weighted by Crippen LogP contribution is -2.54. The fourth-order valence-corrected chi connectivity index (χ4v) is 4.88. The summed E-state index contributed by atoms with van der Waals surface area (Å²) in [5.74, 6) is -0.317. The monoisotopic (exact) mass is 467 g/mol. The Morgan fingerprint density at radius 2 is 1.75 bits per heavy atom. The fraction of sp³-hybridized carbons (Fsp3) is 0.455. The summed E-state index contributed by atoms with van der Waals surface area (Å²) in [7, 11) is 0. The predicted molar refractivity (Wildman–Crippen MR) is 113 cm³/mol. The molecule has 32 heavy (non-hydrogen) atoms. The second-order valence-corrected chi connectivity index (χ2v) is 8.87. The summed E-state index contributed by atoms with van der Waals surface area (Å²) in [5.41, 5.74) is 0.878. The van der Waals surface area contributed by atoms with Crippen LogP contribution >= 0.6 is 11.3 Å². The highest BCUT2D eigenvalue weighted by Gasteiger charge is 2.38. The number of carbonyl (C=O) groups is 2. The third-order valence-corrected chi connectivity index (χ3v) is 6.64. The number of nitrogens with zero attached hydrogens (tertiary/aromatic N) is 3. The molecule has 2 fully saturated rings. The quantitative estimate of drug-likeness (QED) is 0.675. The van der Waals surface area contributed by atoms with Crippen molar-refractivity contribution in [3.63, 3.8) is 0 Å². The lowest BCUT2D eigenvalue weighted by molar-refractivity contribution is -0.274. The average molecular weight is 468 g/mol. The fourth-order valence-electron chi connectivity index (χ4n) is 4.20. The van der Waals surface area contributed by atoms with Gasteiger partial charge in [-0.05, 0) is 42.0 Å². The number of likely N-dealkylation sites (tertiary alicyclic amines) is 1. The van der Waals surface area contributed by atoms with E-state index in [1.54, 1.807) is 23.1 Å². The van der Waals surface area contributed by atoms with Crippen LogP contribution in [0.4, 0.5) is 13.2 Å². The molecular formula is C22H24F3N3O3S. The van der Waals surface area contributed by atoms with Crippen molar-refractivity contribution in [2.75, 3.05) is 32.7 Å². The number of hydrogen-bond acceptors (Lipinski definition) is 5. The van der Waals surface area contributed by atoms with E-state index in [-0.39, 0.29) is 17.6 Å². The third kappa shape index (κ3) is 5.42. The van der Waals surface area contributed by atoms with Gasteiger partial charge in [0, 0.05) is 39.3 Å². The van der Waals surface area contributed by atoms with Gasteiger partial charge >= 0.3 is 6.36 Å². The topological polar surface area (TPSA) is 53.1 Å². The largest absolute Gasteiger partial charge is 0.573 e. The van der Waals surface area contributed by atoms with E-state index >= 15 is 0 Å². The Labute approximate surface area is 188 Å². The van der Waals surface area contributed by atoms with E-state index in [0.29, 0.717) is 50.6 Å². The van der Waals surface area contributed by atoms with E-state index in [9.17, 15) is 22.8 Å². The molecule has 0 saturated carbocycles. The van der Waals surface area contributed by atoms with Crippen molar-refractivity contribution in [3.8, 4) is 5.75 Å². The smallest absolute Gasteiger partial charge is 0.406 e. The van der Waals surface area contributed by atoms with E-state index in [0.717, 1.165) is 12.0 Å². The number of benzene rings is 1. The molecule has 3 heterocycles. The first kappa shape index (κ1) is 22.6. The maximum Gasteiger partial charge on any atom is 0.573 e. The molecule has 1 aromatic carbocycles. The van der Waals surface area contributed by atoms with E-state index in [1.807, 2.05) is 16.3 Å². The molecule has 1 aromatic heterocycles. The first-order valence-corrected chi connectivity index (χ1v) is 11.4. The number of thiophene rings is 1. The van der Waals surface area contributed by atoms with E-state index in [1.165, 1.54) is 23.5 Å². The van der Waals surface area contributed by atoms with Crippen LogP contribution in [0.2, 0.25) is 0 Å². The van der Waals surface area contributed by atoms with Crippen LogP contribution in [-0.2, 0) is 11.3 Å². The van der Waals surface area contributed by atoms with Crippen molar-refractivity contribution >= 4 is 23.2 Å². The molecule has 0 aliphatic carbocycles.